The topological polar surface area (TPSA) is 72.0 Å². The van der Waals surface area contributed by atoms with Gasteiger partial charge in [0, 0.05) is 26.1 Å². The number of methoxy groups -OCH3 is 2. The molecule has 0 saturated carbocycles. The lowest BCUT2D eigenvalue weighted by atomic mass is 10.1. The van der Waals surface area contributed by atoms with Gasteiger partial charge in [-0.05, 0) is 50.3 Å². The van der Waals surface area contributed by atoms with E-state index < -0.39 is 0 Å². The van der Waals surface area contributed by atoms with Crippen molar-refractivity contribution in [2.24, 2.45) is 4.99 Å². The summed E-state index contributed by atoms with van der Waals surface area (Å²) in [5, 5.41) is 6.57. The Balaban J connectivity index is 2.39. The first-order valence-corrected chi connectivity index (χ1v) is 8.83. The van der Waals surface area contributed by atoms with Crippen molar-refractivity contribution < 1.29 is 14.3 Å². The number of aliphatic imine (C=N–C) groups is 1. The first-order valence-electron chi connectivity index (χ1n) is 8.83. The van der Waals surface area contributed by atoms with Crippen LogP contribution in [0.5, 0.6) is 5.75 Å². The highest BCUT2D eigenvalue weighted by atomic mass is 16.5. The molecule has 1 rings (SSSR count). The summed E-state index contributed by atoms with van der Waals surface area (Å²) in [4.78, 5) is 15.6. The highest BCUT2D eigenvalue weighted by Crippen LogP contribution is 2.18. The standard InChI is InChI=1S/C19H31N3O3/c1-5-20-19(21-12-7-6-8-18(23)25-4)22-13-11-16-10-9-15(2)17(14-16)24-3/h9-10,14H,5-8,11-13H2,1-4H3,(H2,20,21,22). The smallest absolute Gasteiger partial charge is 0.305 e. The minimum atomic E-state index is -0.164. The van der Waals surface area contributed by atoms with Gasteiger partial charge in [0.25, 0.3) is 0 Å². The molecule has 140 valence electrons. The maximum atomic E-state index is 11.1. The first-order chi connectivity index (χ1) is 12.1. The average Bonchev–Trinajstić information content (AvgIpc) is 2.62. The molecule has 0 atom stereocenters. The Hall–Kier alpha value is -2.24. The van der Waals surface area contributed by atoms with Crippen LogP contribution in [0.4, 0.5) is 0 Å². The molecule has 2 N–H and O–H groups in total. The van der Waals surface area contributed by atoms with E-state index in [-0.39, 0.29) is 5.97 Å². The highest BCUT2D eigenvalue weighted by molar-refractivity contribution is 5.79. The second-order valence-corrected chi connectivity index (χ2v) is 5.77. The number of hydrogen-bond donors (Lipinski definition) is 2. The predicted octanol–water partition coefficient (Wildman–Crippen LogP) is 2.44. The van der Waals surface area contributed by atoms with Crippen LogP contribution in [0.3, 0.4) is 0 Å². The number of unbranched alkanes of at least 4 members (excludes halogenated alkanes) is 1. The zero-order chi connectivity index (χ0) is 18.5. The van der Waals surface area contributed by atoms with Crippen LogP contribution in [0.1, 0.15) is 37.3 Å². The number of esters is 1. The second-order valence-electron chi connectivity index (χ2n) is 5.77. The molecule has 0 saturated heterocycles. The third-order valence-electron chi connectivity index (χ3n) is 3.81. The molecular formula is C19H31N3O3. The molecule has 1 aromatic carbocycles. The van der Waals surface area contributed by atoms with Crippen LogP contribution in [0, 0.1) is 6.92 Å². The van der Waals surface area contributed by atoms with Crippen LogP contribution < -0.4 is 15.4 Å². The van der Waals surface area contributed by atoms with Gasteiger partial charge in [-0.2, -0.15) is 0 Å². The minimum Gasteiger partial charge on any atom is -0.496 e. The van der Waals surface area contributed by atoms with Gasteiger partial charge in [-0.15, -0.1) is 0 Å². The van der Waals surface area contributed by atoms with Crippen LogP contribution >= 0.6 is 0 Å². The number of carbonyl (C=O) groups excluding carboxylic acids is 1. The van der Waals surface area contributed by atoms with E-state index in [1.807, 2.05) is 13.8 Å². The summed E-state index contributed by atoms with van der Waals surface area (Å²) < 4.78 is 9.99. The van der Waals surface area contributed by atoms with Gasteiger partial charge in [0.15, 0.2) is 5.96 Å². The van der Waals surface area contributed by atoms with E-state index in [9.17, 15) is 4.79 Å². The molecule has 0 aliphatic carbocycles. The summed E-state index contributed by atoms with van der Waals surface area (Å²) >= 11 is 0. The largest absolute Gasteiger partial charge is 0.496 e. The third kappa shape index (κ3) is 8.42. The Labute approximate surface area is 151 Å². The van der Waals surface area contributed by atoms with E-state index >= 15 is 0 Å². The van der Waals surface area contributed by atoms with E-state index in [0.717, 1.165) is 49.6 Å². The van der Waals surface area contributed by atoms with Crippen molar-refractivity contribution in [2.45, 2.75) is 39.5 Å². The zero-order valence-electron chi connectivity index (χ0n) is 15.9. The summed E-state index contributed by atoms with van der Waals surface area (Å²) in [7, 11) is 3.11. The summed E-state index contributed by atoms with van der Waals surface area (Å²) in [5.74, 6) is 1.56. The number of nitrogens with one attached hydrogen (secondary N) is 2. The lowest BCUT2D eigenvalue weighted by Crippen LogP contribution is -2.38. The van der Waals surface area contributed by atoms with Crippen LogP contribution in [-0.2, 0) is 16.0 Å². The van der Waals surface area contributed by atoms with Crippen molar-refractivity contribution >= 4 is 11.9 Å². The molecule has 0 heterocycles. The number of carbonyl (C=O) groups is 1. The molecular weight excluding hydrogens is 318 g/mol. The van der Waals surface area contributed by atoms with Crippen LogP contribution in [0.15, 0.2) is 23.2 Å². The normalized spacial score (nSPS) is 11.1. The van der Waals surface area contributed by atoms with Gasteiger partial charge in [-0.3, -0.25) is 9.79 Å². The summed E-state index contributed by atoms with van der Waals surface area (Å²) in [6, 6.07) is 6.28. The fraction of sp³-hybridized carbons (Fsp3) is 0.579. The van der Waals surface area contributed by atoms with Crippen LogP contribution in [0.25, 0.3) is 0 Å². The molecule has 0 unspecified atom stereocenters. The highest BCUT2D eigenvalue weighted by Gasteiger charge is 2.02. The van der Waals surface area contributed by atoms with E-state index in [0.29, 0.717) is 13.0 Å². The molecule has 25 heavy (non-hydrogen) atoms. The molecule has 0 aliphatic heterocycles. The summed E-state index contributed by atoms with van der Waals surface area (Å²) in [6.07, 6.45) is 2.99. The van der Waals surface area contributed by atoms with Gasteiger partial charge in [-0.25, -0.2) is 0 Å². The summed E-state index contributed by atoms with van der Waals surface area (Å²) in [5.41, 5.74) is 2.37. The fourth-order valence-corrected chi connectivity index (χ4v) is 2.36. The Morgan fingerprint density at radius 1 is 1.20 bits per heavy atom. The van der Waals surface area contributed by atoms with Gasteiger partial charge >= 0.3 is 5.97 Å². The molecule has 0 fully saturated rings. The minimum absolute atomic E-state index is 0.164. The number of nitrogens with zero attached hydrogens (tertiary/aromatic N) is 1. The maximum Gasteiger partial charge on any atom is 0.305 e. The lowest BCUT2D eigenvalue weighted by molar-refractivity contribution is -0.140. The zero-order valence-corrected chi connectivity index (χ0v) is 15.9. The van der Waals surface area contributed by atoms with Crippen molar-refractivity contribution in [3.63, 3.8) is 0 Å². The average molecular weight is 349 g/mol. The molecule has 0 radical (unpaired) electrons. The van der Waals surface area contributed by atoms with Gasteiger partial charge < -0.3 is 20.1 Å². The number of guanidine groups is 1. The van der Waals surface area contributed by atoms with Crippen LogP contribution in [0.2, 0.25) is 0 Å². The number of ether oxygens (including phenoxy) is 2. The monoisotopic (exact) mass is 349 g/mol. The van der Waals surface area contributed by atoms with Crippen LogP contribution in [-0.4, -0.2) is 45.8 Å². The fourth-order valence-electron chi connectivity index (χ4n) is 2.36. The first kappa shape index (κ1) is 20.8. The van der Waals surface area contributed by atoms with Gasteiger partial charge in [0.05, 0.1) is 14.2 Å². The molecule has 0 aliphatic rings. The van der Waals surface area contributed by atoms with Gasteiger partial charge in [-0.1, -0.05) is 12.1 Å². The molecule has 6 heteroatoms. The maximum absolute atomic E-state index is 11.1. The van der Waals surface area contributed by atoms with Crippen molar-refractivity contribution in [1.82, 2.24) is 10.6 Å². The van der Waals surface area contributed by atoms with Crippen molar-refractivity contribution in [2.75, 3.05) is 33.9 Å². The van der Waals surface area contributed by atoms with Gasteiger partial charge in [0.1, 0.15) is 5.75 Å². The number of rotatable bonds is 10. The van der Waals surface area contributed by atoms with Crippen molar-refractivity contribution in [3.05, 3.63) is 29.3 Å². The number of hydrogen-bond acceptors (Lipinski definition) is 4. The number of aryl methyl sites for hydroxylation is 1. The van der Waals surface area contributed by atoms with Crippen molar-refractivity contribution in [1.29, 1.82) is 0 Å². The molecule has 0 bridgehead atoms. The third-order valence-corrected chi connectivity index (χ3v) is 3.81. The molecule has 0 aromatic heterocycles. The molecule has 6 nitrogen and oxygen atoms in total. The van der Waals surface area contributed by atoms with E-state index in [1.165, 1.54) is 12.7 Å². The van der Waals surface area contributed by atoms with E-state index in [2.05, 4.69) is 38.6 Å². The summed E-state index contributed by atoms with van der Waals surface area (Å²) in [6.45, 7) is 6.37. The van der Waals surface area contributed by atoms with E-state index in [4.69, 9.17) is 4.74 Å². The SMILES string of the molecule is CCNC(=NCCCCC(=O)OC)NCCc1ccc(C)c(OC)c1. The second kappa shape index (κ2) is 12.2. The Bertz CT molecular complexity index is 559. The molecule has 0 amide bonds. The molecule has 1 aromatic rings. The Kier molecular flexibility index (Phi) is 10.1. The van der Waals surface area contributed by atoms with E-state index in [1.54, 1.807) is 7.11 Å². The lowest BCUT2D eigenvalue weighted by Gasteiger charge is -2.12. The Morgan fingerprint density at radius 3 is 2.68 bits per heavy atom. The quantitative estimate of drug-likeness (QED) is 0.294. The van der Waals surface area contributed by atoms with Gasteiger partial charge in [0.2, 0.25) is 0 Å². The van der Waals surface area contributed by atoms with Crippen molar-refractivity contribution in [3.8, 4) is 5.75 Å². The predicted molar refractivity (Wildman–Crippen MR) is 101 cm³/mol. The Morgan fingerprint density at radius 2 is 2.00 bits per heavy atom. The number of benzene rings is 1. The molecule has 0 spiro atoms.